The van der Waals surface area contributed by atoms with Crippen LogP contribution in [-0.2, 0) is 9.59 Å². The number of hydrogen-bond donors (Lipinski definition) is 2. The molecule has 2 fully saturated rings. The van der Waals surface area contributed by atoms with E-state index < -0.39 is 0 Å². The molecular formula is C14H24N2O2. The molecule has 0 bridgehead atoms. The van der Waals surface area contributed by atoms with E-state index in [1.54, 1.807) is 0 Å². The number of hydrogen-bond acceptors (Lipinski definition) is 2. The molecule has 0 aromatic carbocycles. The van der Waals surface area contributed by atoms with Gasteiger partial charge in [0, 0.05) is 5.92 Å². The summed E-state index contributed by atoms with van der Waals surface area (Å²) >= 11 is 0. The highest BCUT2D eigenvalue weighted by Gasteiger charge is 2.37. The molecule has 1 spiro atoms. The van der Waals surface area contributed by atoms with Gasteiger partial charge in [-0.05, 0) is 43.9 Å². The highest BCUT2D eigenvalue weighted by molar-refractivity contribution is 5.78. The van der Waals surface area contributed by atoms with Crippen LogP contribution in [0.4, 0.5) is 0 Å². The van der Waals surface area contributed by atoms with Crippen LogP contribution in [0.25, 0.3) is 0 Å². The van der Waals surface area contributed by atoms with Gasteiger partial charge in [-0.1, -0.05) is 19.3 Å². The van der Waals surface area contributed by atoms with Crippen molar-refractivity contribution in [2.45, 2.75) is 57.8 Å². The zero-order chi connectivity index (χ0) is 12.8. The SMILES string of the molecule is O=CNCNC(=O)C1CCC2(CCCCC2)CC1. The van der Waals surface area contributed by atoms with Gasteiger partial charge in [0.05, 0.1) is 6.67 Å². The van der Waals surface area contributed by atoms with Crippen LogP contribution in [0.2, 0.25) is 0 Å². The van der Waals surface area contributed by atoms with Crippen molar-refractivity contribution in [3.63, 3.8) is 0 Å². The van der Waals surface area contributed by atoms with E-state index >= 15 is 0 Å². The molecule has 0 atom stereocenters. The van der Waals surface area contributed by atoms with Gasteiger partial charge in [-0.15, -0.1) is 0 Å². The van der Waals surface area contributed by atoms with Gasteiger partial charge in [0.15, 0.2) is 0 Å². The Hall–Kier alpha value is -1.06. The minimum atomic E-state index is 0.106. The Morgan fingerprint density at radius 2 is 1.78 bits per heavy atom. The van der Waals surface area contributed by atoms with Crippen LogP contribution in [-0.4, -0.2) is 19.0 Å². The summed E-state index contributed by atoms with van der Waals surface area (Å²) in [6.45, 7) is 0.254. The summed E-state index contributed by atoms with van der Waals surface area (Å²) in [4.78, 5) is 22.0. The monoisotopic (exact) mass is 252 g/mol. The summed E-state index contributed by atoms with van der Waals surface area (Å²) in [7, 11) is 0. The maximum Gasteiger partial charge on any atom is 0.224 e. The summed E-state index contributed by atoms with van der Waals surface area (Å²) in [6, 6.07) is 0. The maximum atomic E-state index is 11.9. The first-order valence-electron chi connectivity index (χ1n) is 7.20. The Labute approximate surface area is 109 Å². The lowest BCUT2D eigenvalue weighted by Crippen LogP contribution is -2.40. The zero-order valence-electron chi connectivity index (χ0n) is 11.0. The summed E-state index contributed by atoms with van der Waals surface area (Å²) in [5.41, 5.74) is 0.566. The molecule has 0 aromatic rings. The third kappa shape index (κ3) is 3.24. The Morgan fingerprint density at radius 3 is 2.39 bits per heavy atom. The second kappa shape index (κ2) is 6.21. The molecule has 0 aliphatic heterocycles. The van der Waals surface area contributed by atoms with Crippen LogP contribution < -0.4 is 10.6 Å². The Morgan fingerprint density at radius 1 is 1.11 bits per heavy atom. The van der Waals surface area contributed by atoms with Crippen LogP contribution in [0.15, 0.2) is 0 Å². The second-order valence-electron chi connectivity index (χ2n) is 5.87. The lowest BCUT2D eigenvalue weighted by atomic mass is 9.63. The van der Waals surface area contributed by atoms with E-state index in [2.05, 4.69) is 10.6 Å². The molecule has 2 aliphatic rings. The fraction of sp³-hybridized carbons (Fsp3) is 0.857. The van der Waals surface area contributed by atoms with Gasteiger partial charge in [0.2, 0.25) is 12.3 Å². The molecule has 0 heterocycles. The highest BCUT2D eigenvalue weighted by Crippen LogP contribution is 2.48. The quantitative estimate of drug-likeness (QED) is 0.456. The summed E-state index contributed by atoms with van der Waals surface area (Å²) in [6.07, 6.45) is 12.0. The van der Waals surface area contributed by atoms with E-state index in [0.717, 1.165) is 12.8 Å². The van der Waals surface area contributed by atoms with Gasteiger partial charge >= 0.3 is 0 Å². The fourth-order valence-corrected chi connectivity index (χ4v) is 3.62. The van der Waals surface area contributed by atoms with Crippen molar-refractivity contribution >= 4 is 12.3 Å². The molecule has 2 aliphatic carbocycles. The highest BCUT2D eigenvalue weighted by atomic mass is 16.2. The topological polar surface area (TPSA) is 58.2 Å². The first-order chi connectivity index (χ1) is 8.76. The molecule has 2 amide bonds. The molecule has 0 saturated heterocycles. The molecular weight excluding hydrogens is 228 g/mol. The summed E-state index contributed by atoms with van der Waals surface area (Å²) in [5, 5.41) is 5.23. The second-order valence-corrected chi connectivity index (χ2v) is 5.87. The van der Waals surface area contributed by atoms with Crippen molar-refractivity contribution in [1.29, 1.82) is 0 Å². The van der Waals surface area contributed by atoms with Gasteiger partial charge in [-0.3, -0.25) is 9.59 Å². The first-order valence-corrected chi connectivity index (χ1v) is 7.20. The lowest BCUT2D eigenvalue weighted by molar-refractivity contribution is -0.127. The average molecular weight is 252 g/mol. The van der Waals surface area contributed by atoms with Crippen molar-refractivity contribution in [3.8, 4) is 0 Å². The van der Waals surface area contributed by atoms with Gasteiger partial charge in [-0.2, -0.15) is 0 Å². The predicted octanol–water partition coefficient (Wildman–Crippen LogP) is 1.95. The van der Waals surface area contributed by atoms with E-state index in [0.29, 0.717) is 11.8 Å². The van der Waals surface area contributed by atoms with Crippen molar-refractivity contribution < 1.29 is 9.59 Å². The standard InChI is InChI=1S/C14H24N2O2/c17-11-15-10-16-13(18)12-4-8-14(9-5-12)6-2-1-3-7-14/h11-12H,1-10H2,(H,15,17)(H,16,18). The maximum absolute atomic E-state index is 11.9. The van der Waals surface area contributed by atoms with Gasteiger partial charge in [-0.25, -0.2) is 0 Å². The minimum absolute atomic E-state index is 0.106. The summed E-state index contributed by atoms with van der Waals surface area (Å²) in [5.74, 6) is 0.265. The number of amides is 2. The van der Waals surface area contributed by atoms with Crippen molar-refractivity contribution in [3.05, 3.63) is 0 Å². The average Bonchev–Trinajstić information content (AvgIpc) is 2.41. The zero-order valence-corrected chi connectivity index (χ0v) is 11.0. The fourth-order valence-electron chi connectivity index (χ4n) is 3.62. The molecule has 102 valence electrons. The molecule has 0 radical (unpaired) electrons. The number of carbonyl (C=O) groups is 2. The number of rotatable bonds is 4. The molecule has 4 nitrogen and oxygen atoms in total. The predicted molar refractivity (Wildman–Crippen MR) is 69.7 cm³/mol. The Balaban J connectivity index is 1.75. The van der Waals surface area contributed by atoms with Gasteiger partial charge < -0.3 is 10.6 Å². The molecule has 2 N–H and O–H groups in total. The minimum Gasteiger partial charge on any atom is -0.341 e. The van der Waals surface area contributed by atoms with E-state index in [1.807, 2.05) is 0 Å². The van der Waals surface area contributed by atoms with E-state index in [9.17, 15) is 9.59 Å². The third-order valence-corrected chi connectivity index (χ3v) is 4.78. The van der Waals surface area contributed by atoms with Crippen LogP contribution in [0, 0.1) is 11.3 Å². The number of nitrogens with one attached hydrogen (secondary N) is 2. The van der Waals surface area contributed by atoms with E-state index in [1.165, 1.54) is 44.9 Å². The van der Waals surface area contributed by atoms with Crippen molar-refractivity contribution in [1.82, 2.24) is 10.6 Å². The van der Waals surface area contributed by atoms with E-state index in [-0.39, 0.29) is 18.5 Å². The van der Waals surface area contributed by atoms with Crippen molar-refractivity contribution in [2.75, 3.05) is 6.67 Å². The Bertz CT molecular complexity index is 288. The normalized spacial score (nSPS) is 23.6. The van der Waals surface area contributed by atoms with Crippen LogP contribution in [0.1, 0.15) is 57.8 Å². The summed E-state index contributed by atoms with van der Waals surface area (Å²) < 4.78 is 0. The molecule has 18 heavy (non-hydrogen) atoms. The lowest BCUT2D eigenvalue weighted by Gasteiger charge is -2.42. The largest absolute Gasteiger partial charge is 0.341 e. The van der Waals surface area contributed by atoms with Crippen LogP contribution >= 0.6 is 0 Å². The molecule has 2 saturated carbocycles. The molecule has 4 heteroatoms. The Kier molecular flexibility index (Phi) is 4.61. The molecule has 0 unspecified atom stereocenters. The molecule has 0 aromatic heterocycles. The van der Waals surface area contributed by atoms with Gasteiger partial charge in [0.25, 0.3) is 0 Å². The van der Waals surface area contributed by atoms with Crippen molar-refractivity contribution in [2.24, 2.45) is 11.3 Å². The van der Waals surface area contributed by atoms with Gasteiger partial charge in [0.1, 0.15) is 0 Å². The smallest absolute Gasteiger partial charge is 0.224 e. The molecule has 2 rings (SSSR count). The van der Waals surface area contributed by atoms with Crippen LogP contribution in [0.5, 0.6) is 0 Å². The first kappa shape index (κ1) is 13.4. The number of carbonyl (C=O) groups excluding carboxylic acids is 2. The third-order valence-electron chi connectivity index (χ3n) is 4.78. The van der Waals surface area contributed by atoms with E-state index in [4.69, 9.17) is 0 Å². The van der Waals surface area contributed by atoms with Crippen LogP contribution in [0.3, 0.4) is 0 Å².